The number of ether oxygens (including phenoxy) is 1. The molecule has 0 aliphatic carbocycles. The molecular formula is C13H15BrClNO2. The molecule has 0 spiro atoms. The standard InChI is InChI=1S/C13H15BrClNO2/c1-8(2)11(12(14)16-3)18-13(17)9-4-6-10(15)7-5-9/h4-8,16H,1-3H3. The maximum absolute atomic E-state index is 11.9. The number of carbonyl (C=O) groups excluding carboxylic acids is 1. The van der Waals surface area contributed by atoms with Crippen molar-refractivity contribution in [1.82, 2.24) is 5.32 Å². The SMILES string of the molecule is CNC(Br)=C(OC(=O)c1ccc(Cl)cc1)C(C)C. The minimum absolute atomic E-state index is 0.0862. The molecular weight excluding hydrogens is 318 g/mol. The minimum atomic E-state index is -0.400. The Bertz CT molecular complexity index is 455. The molecule has 0 heterocycles. The Balaban J connectivity index is 2.89. The smallest absolute Gasteiger partial charge is 0.343 e. The summed E-state index contributed by atoms with van der Waals surface area (Å²) in [4.78, 5) is 11.9. The maximum atomic E-state index is 11.9. The zero-order valence-electron chi connectivity index (χ0n) is 10.5. The molecule has 3 nitrogen and oxygen atoms in total. The Morgan fingerprint density at radius 1 is 1.33 bits per heavy atom. The summed E-state index contributed by atoms with van der Waals surface area (Å²) in [5.74, 6) is 0.253. The van der Waals surface area contributed by atoms with E-state index in [0.717, 1.165) is 0 Å². The van der Waals surface area contributed by atoms with Crippen LogP contribution in [0.5, 0.6) is 0 Å². The fourth-order valence-electron chi connectivity index (χ4n) is 1.28. The molecule has 98 valence electrons. The number of esters is 1. The van der Waals surface area contributed by atoms with Gasteiger partial charge in [0, 0.05) is 18.0 Å². The van der Waals surface area contributed by atoms with Gasteiger partial charge in [-0.25, -0.2) is 4.79 Å². The van der Waals surface area contributed by atoms with Gasteiger partial charge in [-0.3, -0.25) is 0 Å². The summed E-state index contributed by atoms with van der Waals surface area (Å²) in [5, 5.41) is 3.50. The van der Waals surface area contributed by atoms with Crippen molar-refractivity contribution in [3.05, 3.63) is 45.2 Å². The number of hydrogen-bond acceptors (Lipinski definition) is 3. The summed E-state index contributed by atoms with van der Waals surface area (Å²) >= 11 is 9.09. The molecule has 0 fully saturated rings. The highest BCUT2D eigenvalue weighted by Gasteiger charge is 2.16. The molecule has 0 bridgehead atoms. The summed E-state index contributed by atoms with van der Waals surface area (Å²) < 4.78 is 6.05. The molecule has 1 rings (SSSR count). The van der Waals surface area contributed by atoms with Crippen LogP contribution in [-0.4, -0.2) is 13.0 Å². The second-order valence-corrected chi connectivity index (χ2v) is 5.21. The number of hydrogen-bond donors (Lipinski definition) is 1. The molecule has 1 aromatic carbocycles. The molecule has 0 saturated heterocycles. The van der Waals surface area contributed by atoms with Crippen molar-refractivity contribution >= 4 is 33.5 Å². The van der Waals surface area contributed by atoms with Crippen LogP contribution in [0, 0.1) is 5.92 Å². The number of nitrogens with one attached hydrogen (secondary N) is 1. The molecule has 1 aromatic rings. The second kappa shape index (κ2) is 6.81. The highest BCUT2D eigenvalue weighted by molar-refractivity contribution is 9.11. The first-order valence-electron chi connectivity index (χ1n) is 5.51. The molecule has 0 amide bonds. The fraction of sp³-hybridized carbons (Fsp3) is 0.308. The molecule has 0 aromatic heterocycles. The van der Waals surface area contributed by atoms with Gasteiger partial charge >= 0.3 is 5.97 Å². The van der Waals surface area contributed by atoms with Gasteiger partial charge in [0.2, 0.25) is 0 Å². The fourth-order valence-corrected chi connectivity index (χ4v) is 1.95. The summed E-state index contributed by atoms with van der Waals surface area (Å²) in [5.41, 5.74) is 0.467. The molecule has 5 heteroatoms. The topological polar surface area (TPSA) is 38.3 Å². The predicted octanol–water partition coefficient (Wildman–Crippen LogP) is 3.94. The van der Waals surface area contributed by atoms with E-state index in [4.69, 9.17) is 16.3 Å². The van der Waals surface area contributed by atoms with Crippen molar-refractivity contribution in [2.45, 2.75) is 13.8 Å². The van der Waals surface area contributed by atoms with Crippen LogP contribution in [0.1, 0.15) is 24.2 Å². The maximum Gasteiger partial charge on any atom is 0.343 e. The van der Waals surface area contributed by atoms with E-state index >= 15 is 0 Å². The highest BCUT2D eigenvalue weighted by atomic mass is 79.9. The Kier molecular flexibility index (Phi) is 5.69. The Labute approximate surface area is 120 Å². The van der Waals surface area contributed by atoms with Crippen molar-refractivity contribution < 1.29 is 9.53 Å². The van der Waals surface area contributed by atoms with Gasteiger partial charge in [-0.05, 0) is 40.2 Å². The van der Waals surface area contributed by atoms with Gasteiger partial charge in [0.05, 0.1) is 5.56 Å². The van der Waals surface area contributed by atoms with Crippen LogP contribution in [0.3, 0.4) is 0 Å². The van der Waals surface area contributed by atoms with Crippen LogP contribution in [0.4, 0.5) is 0 Å². The summed E-state index contributed by atoms with van der Waals surface area (Å²) in [6, 6.07) is 6.58. The van der Waals surface area contributed by atoms with Gasteiger partial charge in [0.25, 0.3) is 0 Å². The Hall–Kier alpha value is -1.00. The first-order valence-corrected chi connectivity index (χ1v) is 6.68. The van der Waals surface area contributed by atoms with Crippen molar-refractivity contribution in [2.75, 3.05) is 7.05 Å². The third-order valence-electron chi connectivity index (χ3n) is 2.24. The van der Waals surface area contributed by atoms with Crippen molar-refractivity contribution in [1.29, 1.82) is 0 Å². The lowest BCUT2D eigenvalue weighted by molar-refractivity contribution is 0.0592. The van der Waals surface area contributed by atoms with Crippen LogP contribution in [-0.2, 0) is 4.74 Å². The molecule has 1 N–H and O–H groups in total. The highest BCUT2D eigenvalue weighted by Crippen LogP contribution is 2.21. The monoisotopic (exact) mass is 331 g/mol. The third-order valence-corrected chi connectivity index (χ3v) is 3.28. The molecule has 0 unspecified atom stereocenters. The third kappa shape index (κ3) is 4.03. The number of carbonyl (C=O) groups is 1. The Morgan fingerprint density at radius 3 is 2.33 bits per heavy atom. The lowest BCUT2D eigenvalue weighted by Crippen LogP contribution is -2.14. The quantitative estimate of drug-likeness (QED) is 0.516. The van der Waals surface area contributed by atoms with Gasteiger partial charge < -0.3 is 10.1 Å². The molecule has 0 aliphatic heterocycles. The minimum Gasteiger partial charge on any atom is -0.424 e. The predicted molar refractivity (Wildman–Crippen MR) is 76.7 cm³/mol. The van der Waals surface area contributed by atoms with Gasteiger partial charge in [-0.15, -0.1) is 0 Å². The number of halogens is 2. The van der Waals surface area contributed by atoms with Gasteiger partial charge in [0.15, 0.2) is 0 Å². The summed E-state index contributed by atoms with van der Waals surface area (Å²) in [6.45, 7) is 3.89. The molecule has 18 heavy (non-hydrogen) atoms. The lowest BCUT2D eigenvalue weighted by Gasteiger charge is -2.14. The van der Waals surface area contributed by atoms with Gasteiger partial charge in [-0.1, -0.05) is 25.4 Å². The zero-order valence-corrected chi connectivity index (χ0v) is 12.8. The van der Waals surface area contributed by atoms with Crippen LogP contribution in [0.2, 0.25) is 5.02 Å². The van der Waals surface area contributed by atoms with E-state index in [0.29, 0.717) is 21.0 Å². The van der Waals surface area contributed by atoms with Crippen molar-refractivity contribution in [3.63, 3.8) is 0 Å². The van der Waals surface area contributed by atoms with E-state index in [9.17, 15) is 4.79 Å². The average Bonchev–Trinajstić information content (AvgIpc) is 2.35. The van der Waals surface area contributed by atoms with E-state index in [1.807, 2.05) is 13.8 Å². The van der Waals surface area contributed by atoms with Crippen LogP contribution >= 0.6 is 27.5 Å². The molecule has 0 atom stereocenters. The summed E-state index contributed by atoms with van der Waals surface area (Å²) in [6.07, 6.45) is 0. The number of benzene rings is 1. The molecule has 0 saturated carbocycles. The van der Waals surface area contributed by atoms with E-state index in [1.165, 1.54) is 0 Å². The Morgan fingerprint density at radius 2 is 1.89 bits per heavy atom. The van der Waals surface area contributed by atoms with Crippen molar-refractivity contribution in [2.24, 2.45) is 5.92 Å². The number of rotatable bonds is 4. The molecule has 0 aliphatic rings. The van der Waals surface area contributed by atoms with Crippen LogP contribution in [0.15, 0.2) is 34.6 Å². The largest absolute Gasteiger partial charge is 0.424 e. The van der Waals surface area contributed by atoms with E-state index < -0.39 is 5.97 Å². The first kappa shape index (κ1) is 15.1. The van der Waals surface area contributed by atoms with Gasteiger partial charge in [-0.2, -0.15) is 0 Å². The lowest BCUT2D eigenvalue weighted by atomic mass is 10.2. The number of allylic oxidation sites excluding steroid dienone is 1. The van der Waals surface area contributed by atoms with E-state index in [2.05, 4.69) is 21.2 Å². The van der Waals surface area contributed by atoms with Crippen molar-refractivity contribution in [3.8, 4) is 0 Å². The van der Waals surface area contributed by atoms with Crippen LogP contribution < -0.4 is 5.32 Å². The average molecular weight is 333 g/mol. The molecule has 0 radical (unpaired) electrons. The van der Waals surface area contributed by atoms with Crippen LogP contribution in [0.25, 0.3) is 0 Å². The second-order valence-electron chi connectivity index (χ2n) is 3.98. The first-order chi connectivity index (χ1) is 8.45. The van der Waals surface area contributed by atoms with E-state index in [1.54, 1.807) is 31.3 Å². The summed E-state index contributed by atoms with van der Waals surface area (Å²) in [7, 11) is 1.75. The van der Waals surface area contributed by atoms with Gasteiger partial charge in [0.1, 0.15) is 10.4 Å². The normalized spacial score (nSPS) is 12.1. The van der Waals surface area contributed by atoms with E-state index in [-0.39, 0.29) is 5.92 Å². The zero-order chi connectivity index (χ0) is 13.7.